The van der Waals surface area contributed by atoms with Crippen LogP contribution >= 0.6 is 23.5 Å². The van der Waals surface area contributed by atoms with Gasteiger partial charge >= 0.3 is 26.2 Å². The largest absolute Gasteiger partial charge is 2.00 e. The number of thioether (sulfide) groups is 2. The smallest absolute Gasteiger partial charge is 0.353 e. The van der Waals surface area contributed by atoms with Gasteiger partial charge in [0.05, 0.1) is 0 Å². The van der Waals surface area contributed by atoms with Crippen LogP contribution in [0.3, 0.4) is 0 Å². The van der Waals surface area contributed by atoms with Gasteiger partial charge < -0.3 is 10.2 Å². The number of allylic oxidation sites excluding steroid dienone is 8. The molecular formula is C18H20F2O2S2Zr. The van der Waals surface area contributed by atoms with Crippen molar-refractivity contribution in [2.45, 2.75) is 36.1 Å². The molecule has 4 aliphatic rings. The first-order valence-electron chi connectivity index (χ1n) is 7.33. The van der Waals surface area contributed by atoms with Gasteiger partial charge in [0, 0.05) is 12.8 Å². The molecule has 7 heteroatoms. The van der Waals surface area contributed by atoms with Gasteiger partial charge in [-0.3, -0.25) is 12.2 Å². The van der Waals surface area contributed by atoms with Crippen molar-refractivity contribution >= 4 is 23.5 Å². The van der Waals surface area contributed by atoms with Gasteiger partial charge in [-0.1, -0.05) is 35.7 Å². The Morgan fingerprint density at radius 1 is 0.760 bits per heavy atom. The zero-order valence-corrected chi connectivity index (χ0v) is 17.7. The Bertz CT molecular complexity index is 451. The fraction of sp³-hybridized carbons (Fsp3) is 0.333. The molecule has 2 nitrogen and oxygen atoms in total. The van der Waals surface area contributed by atoms with Crippen molar-refractivity contribution in [3.63, 3.8) is 0 Å². The molecule has 2 N–H and O–H groups in total. The second-order valence-corrected chi connectivity index (χ2v) is 7.04. The van der Waals surface area contributed by atoms with Crippen LogP contribution in [0.5, 0.6) is 0 Å². The molecule has 25 heavy (non-hydrogen) atoms. The Labute approximate surface area is 175 Å². The summed E-state index contributed by atoms with van der Waals surface area (Å²) in [6.07, 6.45) is 23.4. The van der Waals surface area contributed by atoms with Crippen molar-refractivity contribution < 1.29 is 45.2 Å². The summed E-state index contributed by atoms with van der Waals surface area (Å²) in [6, 6.07) is 0. The second kappa shape index (κ2) is 13.9. The number of hydrogen-bond donors (Lipinski definition) is 2. The van der Waals surface area contributed by atoms with E-state index in [0.29, 0.717) is 0 Å². The van der Waals surface area contributed by atoms with E-state index in [1.54, 1.807) is 23.0 Å². The molecule has 0 radical (unpaired) electrons. The molecule has 0 spiro atoms. The first kappa shape index (κ1) is 24.8. The van der Waals surface area contributed by atoms with E-state index in [2.05, 4.69) is 24.3 Å². The van der Waals surface area contributed by atoms with Crippen molar-refractivity contribution in [1.29, 1.82) is 0 Å². The van der Waals surface area contributed by atoms with Gasteiger partial charge in [-0.2, -0.15) is 20.9 Å². The average molecular weight is 462 g/mol. The van der Waals surface area contributed by atoms with Crippen molar-refractivity contribution in [1.82, 2.24) is 0 Å². The molecule has 0 fully saturated rings. The molecule has 2 unspecified atom stereocenters. The third-order valence-corrected chi connectivity index (χ3v) is 4.31. The van der Waals surface area contributed by atoms with Crippen molar-refractivity contribution in [2.75, 3.05) is 0 Å². The predicted octanol–water partition coefficient (Wildman–Crippen LogP) is 5.11. The van der Waals surface area contributed by atoms with Gasteiger partial charge in [0.1, 0.15) is 0 Å². The van der Waals surface area contributed by atoms with Crippen LogP contribution in [0.15, 0.2) is 59.4 Å². The Kier molecular flexibility index (Phi) is 13.8. The molecular weight excluding hydrogens is 442 g/mol. The minimum atomic E-state index is -2.00. The molecule has 2 aliphatic carbocycles. The van der Waals surface area contributed by atoms with Crippen molar-refractivity contribution in [3.05, 3.63) is 71.6 Å². The molecule has 0 saturated heterocycles. The molecule has 4 rings (SSSR count). The summed E-state index contributed by atoms with van der Waals surface area (Å²) >= 11 is 1.62. The van der Waals surface area contributed by atoms with E-state index in [1.165, 1.54) is 0 Å². The Morgan fingerprint density at radius 2 is 1.16 bits per heavy atom. The normalized spacial score (nSPS) is 29.3. The molecule has 0 aromatic carbocycles. The van der Waals surface area contributed by atoms with Crippen LogP contribution < -0.4 is 0 Å². The van der Waals surface area contributed by atoms with E-state index < -0.39 is 10.4 Å². The third-order valence-electron chi connectivity index (χ3n) is 2.60. The summed E-state index contributed by atoms with van der Waals surface area (Å²) < 4.78 is 24.1. The maximum atomic E-state index is 12.1. The summed E-state index contributed by atoms with van der Waals surface area (Å²) in [6.45, 7) is 0. The minimum absolute atomic E-state index is 0. The standard InChI is InChI=1S/2C5H5.2C4H5FOS.Zr/c2*1-2-4-5-3-1;2*5-4(6)2-1-3-7-4;/h2*1-3H,4H2;2*1,3,6H,2H2;/q2*-1;;;+2. The molecule has 0 amide bonds. The number of aliphatic hydroxyl groups is 2. The monoisotopic (exact) mass is 460 g/mol. The van der Waals surface area contributed by atoms with E-state index in [1.807, 2.05) is 24.3 Å². The van der Waals surface area contributed by atoms with Gasteiger partial charge in [-0.15, -0.1) is 12.8 Å². The number of rotatable bonds is 0. The zero-order valence-electron chi connectivity index (χ0n) is 13.6. The molecule has 2 atom stereocenters. The summed E-state index contributed by atoms with van der Waals surface area (Å²) in [5, 5.41) is 16.0. The summed E-state index contributed by atoms with van der Waals surface area (Å²) in [5.74, 6) is 0. The first-order chi connectivity index (χ1) is 11.4. The van der Waals surface area contributed by atoms with E-state index in [9.17, 15) is 8.78 Å². The van der Waals surface area contributed by atoms with E-state index in [-0.39, 0.29) is 39.0 Å². The minimum Gasteiger partial charge on any atom is -0.353 e. The van der Waals surface area contributed by atoms with Crippen LogP contribution in [0, 0.1) is 12.2 Å². The van der Waals surface area contributed by atoms with Crippen LogP contribution in [0.1, 0.15) is 25.7 Å². The predicted molar refractivity (Wildman–Crippen MR) is 98.0 cm³/mol. The van der Waals surface area contributed by atoms with Crippen LogP contribution in [-0.4, -0.2) is 20.6 Å². The van der Waals surface area contributed by atoms with Gasteiger partial charge in [-0.05, 0) is 10.8 Å². The Hall–Kier alpha value is -0.197. The van der Waals surface area contributed by atoms with Gasteiger partial charge in [0.2, 0.25) is 0 Å². The van der Waals surface area contributed by atoms with E-state index >= 15 is 0 Å². The third kappa shape index (κ3) is 14.6. The Balaban J connectivity index is 0.000000307. The van der Waals surface area contributed by atoms with E-state index in [4.69, 9.17) is 10.2 Å². The van der Waals surface area contributed by atoms with Gasteiger partial charge in [-0.25, -0.2) is 24.3 Å². The summed E-state index contributed by atoms with van der Waals surface area (Å²) in [4.78, 5) is 0. The molecule has 2 aliphatic heterocycles. The quantitative estimate of drug-likeness (QED) is 0.492. The molecule has 0 saturated carbocycles. The zero-order chi connectivity index (χ0) is 17.7. The maximum absolute atomic E-state index is 12.1. The SMILES string of the molecule is OC1(F)CC=CS1.OC1(F)CC=CS1.[C-]1=CC=CC1.[C-]1=CC=CC1.[Zr+2]. The second-order valence-electron chi connectivity index (χ2n) is 4.77. The summed E-state index contributed by atoms with van der Waals surface area (Å²) in [7, 11) is 0. The van der Waals surface area contributed by atoms with Crippen LogP contribution in [0.4, 0.5) is 8.78 Å². The topological polar surface area (TPSA) is 40.5 Å². The van der Waals surface area contributed by atoms with E-state index in [0.717, 1.165) is 36.4 Å². The van der Waals surface area contributed by atoms with Crippen LogP contribution in [0.2, 0.25) is 0 Å². The fourth-order valence-electron chi connectivity index (χ4n) is 1.47. The van der Waals surface area contributed by atoms with Crippen LogP contribution in [0.25, 0.3) is 0 Å². The first-order valence-corrected chi connectivity index (χ1v) is 9.09. The molecule has 134 valence electrons. The van der Waals surface area contributed by atoms with Crippen molar-refractivity contribution in [2.24, 2.45) is 0 Å². The number of halogens is 2. The number of alkyl halides is 2. The number of hydrogen-bond acceptors (Lipinski definition) is 4. The van der Waals surface area contributed by atoms with Gasteiger partial charge in [0.25, 0.3) is 10.4 Å². The summed E-state index contributed by atoms with van der Waals surface area (Å²) in [5.41, 5.74) is 0. The molecule has 0 aromatic rings. The fourth-order valence-corrected chi connectivity index (χ4v) is 2.66. The van der Waals surface area contributed by atoms with Crippen molar-refractivity contribution in [3.8, 4) is 0 Å². The molecule has 2 heterocycles. The Morgan fingerprint density at radius 3 is 1.24 bits per heavy atom. The average Bonchev–Trinajstić information content (AvgIpc) is 3.31. The maximum Gasteiger partial charge on any atom is 2.00 e. The van der Waals surface area contributed by atoms with Crippen LogP contribution in [-0.2, 0) is 26.2 Å². The van der Waals surface area contributed by atoms with Gasteiger partial charge in [0.15, 0.2) is 0 Å². The molecule has 0 bridgehead atoms. The molecule has 0 aromatic heterocycles.